The van der Waals surface area contributed by atoms with Crippen molar-refractivity contribution in [2.45, 2.75) is 5.41 Å². The molecule has 12 rings (SSSR count). The number of rotatable bonds is 2. The summed E-state index contributed by atoms with van der Waals surface area (Å²) in [6, 6.07) is 65.1. The van der Waals surface area contributed by atoms with Crippen LogP contribution in [-0.2, 0) is 5.41 Å². The minimum Gasteiger partial charge on any atom is -0.247 e. The Balaban J connectivity index is 1.19. The molecule has 240 valence electrons. The molecule has 1 spiro atoms. The van der Waals surface area contributed by atoms with Gasteiger partial charge in [0.15, 0.2) is 0 Å². The van der Waals surface area contributed by atoms with E-state index in [4.69, 9.17) is 4.98 Å². The molecule has 2 heterocycles. The summed E-state index contributed by atoms with van der Waals surface area (Å²) in [5, 5.41) is 6.31. The fourth-order valence-corrected chi connectivity index (χ4v) is 11.0. The average molecular weight is 676 g/mol. The summed E-state index contributed by atoms with van der Waals surface area (Å²) in [5.74, 6) is 0. The van der Waals surface area contributed by atoms with Crippen LogP contribution in [-0.4, -0.2) is 4.98 Å². The number of nitrogens with zero attached hydrogens (tertiary/aromatic N) is 1. The lowest BCUT2D eigenvalue weighted by Crippen LogP contribution is -2.25. The summed E-state index contributed by atoms with van der Waals surface area (Å²) in [6.45, 7) is 0. The van der Waals surface area contributed by atoms with E-state index in [1.807, 2.05) is 11.3 Å². The molecule has 0 fully saturated rings. The van der Waals surface area contributed by atoms with Gasteiger partial charge < -0.3 is 0 Å². The number of para-hydroxylation sites is 1. The molecule has 0 saturated carbocycles. The van der Waals surface area contributed by atoms with Crippen LogP contribution in [0.2, 0.25) is 0 Å². The van der Waals surface area contributed by atoms with Crippen LogP contribution in [0.5, 0.6) is 0 Å². The Morgan fingerprint density at radius 3 is 1.75 bits per heavy atom. The van der Waals surface area contributed by atoms with Crippen molar-refractivity contribution in [1.82, 2.24) is 4.98 Å². The van der Waals surface area contributed by atoms with Gasteiger partial charge in [-0.15, -0.1) is 11.3 Å². The van der Waals surface area contributed by atoms with E-state index in [0.717, 1.165) is 16.8 Å². The molecule has 0 radical (unpaired) electrons. The maximum Gasteiger partial charge on any atom is 0.0788 e. The molecule has 0 aliphatic heterocycles. The first-order chi connectivity index (χ1) is 25.8. The van der Waals surface area contributed by atoms with Gasteiger partial charge in [0, 0.05) is 41.9 Å². The lowest BCUT2D eigenvalue weighted by molar-refractivity contribution is 0.794. The first kappa shape index (κ1) is 28.4. The zero-order valence-corrected chi connectivity index (χ0v) is 28.9. The molecule has 52 heavy (non-hydrogen) atoms. The predicted molar refractivity (Wildman–Crippen MR) is 219 cm³/mol. The second-order valence-electron chi connectivity index (χ2n) is 14.1. The average Bonchev–Trinajstić information content (AvgIpc) is 3.85. The van der Waals surface area contributed by atoms with Crippen molar-refractivity contribution in [3.63, 3.8) is 0 Å². The summed E-state index contributed by atoms with van der Waals surface area (Å²) in [4.78, 5) is 5.23. The zero-order valence-electron chi connectivity index (χ0n) is 28.1. The molecule has 0 saturated heterocycles. The van der Waals surface area contributed by atoms with E-state index < -0.39 is 0 Å². The monoisotopic (exact) mass is 675 g/mol. The predicted octanol–water partition coefficient (Wildman–Crippen LogP) is 13.4. The van der Waals surface area contributed by atoms with Crippen LogP contribution in [0, 0.1) is 0 Å². The molecular weight excluding hydrogens is 647 g/mol. The van der Waals surface area contributed by atoms with Crippen molar-refractivity contribution in [2.75, 3.05) is 0 Å². The van der Waals surface area contributed by atoms with Crippen LogP contribution in [0.1, 0.15) is 22.3 Å². The highest BCUT2D eigenvalue weighted by Gasteiger charge is 2.52. The van der Waals surface area contributed by atoms with Gasteiger partial charge in [-0.05, 0) is 67.8 Å². The van der Waals surface area contributed by atoms with Gasteiger partial charge in [-0.25, -0.2) is 4.98 Å². The quantitative estimate of drug-likeness (QED) is 0.166. The van der Waals surface area contributed by atoms with Crippen molar-refractivity contribution in [1.29, 1.82) is 0 Å². The van der Waals surface area contributed by atoms with E-state index in [2.05, 4.69) is 176 Å². The summed E-state index contributed by atoms with van der Waals surface area (Å²) in [7, 11) is 0. The maximum absolute atomic E-state index is 5.23. The fourth-order valence-electron chi connectivity index (χ4n) is 9.73. The van der Waals surface area contributed by atoms with Crippen LogP contribution in [0.25, 0.3) is 86.5 Å². The number of hydrogen-bond donors (Lipinski definition) is 0. The van der Waals surface area contributed by atoms with Crippen LogP contribution >= 0.6 is 11.3 Å². The number of thiophene rings is 1. The van der Waals surface area contributed by atoms with Crippen molar-refractivity contribution < 1.29 is 0 Å². The largest absolute Gasteiger partial charge is 0.247 e. The summed E-state index contributed by atoms with van der Waals surface area (Å²) in [5.41, 5.74) is 16.2. The Morgan fingerprint density at radius 1 is 0.385 bits per heavy atom. The molecule has 8 aromatic carbocycles. The van der Waals surface area contributed by atoms with Crippen molar-refractivity contribution in [2.24, 2.45) is 0 Å². The number of hydrogen-bond acceptors (Lipinski definition) is 2. The van der Waals surface area contributed by atoms with Gasteiger partial charge in [0.25, 0.3) is 0 Å². The highest BCUT2D eigenvalue weighted by Crippen LogP contribution is 2.64. The molecule has 0 atom stereocenters. The molecule has 2 aromatic heterocycles. The third-order valence-corrected chi connectivity index (χ3v) is 12.9. The second-order valence-corrected chi connectivity index (χ2v) is 15.2. The first-order valence-corrected chi connectivity index (χ1v) is 18.8. The first-order valence-electron chi connectivity index (χ1n) is 18.0. The number of fused-ring (bicyclic) bond motifs is 17. The SMILES string of the molecule is c1ccc(-c2nc3ccccc3c3c2ccc2c3sc3cccc(-c4cccc5c4-c4ccccc4C54c5ccccc5-c5ccccc54)c32)cc1. The molecule has 2 aliphatic rings. The van der Waals surface area contributed by atoms with Crippen molar-refractivity contribution >= 4 is 53.2 Å². The number of aromatic nitrogens is 1. The smallest absolute Gasteiger partial charge is 0.0788 e. The number of pyridine rings is 1. The topological polar surface area (TPSA) is 12.9 Å². The molecule has 0 amide bonds. The second kappa shape index (κ2) is 10.4. The highest BCUT2D eigenvalue weighted by atomic mass is 32.1. The Bertz CT molecular complexity index is 3090. The fraction of sp³-hybridized carbons (Fsp3) is 0.0200. The molecular formula is C50H29NS. The molecule has 0 N–H and O–H groups in total. The molecule has 1 nitrogen and oxygen atoms in total. The summed E-state index contributed by atoms with van der Waals surface area (Å²) < 4.78 is 2.62. The molecule has 0 unspecified atom stereocenters. The minimum absolute atomic E-state index is 0.365. The third-order valence-electron chi connectivity index (χ3n) is 11.7. The normalized spacial score (nSPS) is 13.5. The molecule has 2 heteroatoms. The van der Waals surface area contributed by atoms with Crippen LogP contribution in [0.15, 0.2) is 176 Å². The van der Waals surface area contributed by atoms with E-state index >= 15 is 0 Å². The van der Waals surface area contributed by atoms with E-state index in [0.29, 0.717) is 0 Å². The van der Waals surface area contributed by atoms with Gasteiger partial charge in [0.1, 0.15) is 0 Å². The molecule has 10 aromatic rings. The minimum atomic E-state index is -0.365. The summed E-state index contributed by atoms with van der Waals surface area (Å²) in [6.07, 6.45) is 0. The Labute approximate surface area is 305 Å². The Kier molecular flexibility index (Phi) is 5.65. The highest BCUT2D eigenvalue weighted by molar-refractivity contribution is 7.27. The van der Waals surface area contributed by atoms with Crippen molar-refractivity contribution in [3.05, 3.63) is 198 Å². The zero-order chi connectivity index (χ0) is 34.0. The number of benzene rings is 8. The van der Waals surface area contributed by atoms with Gasteiger partial charge >= 0.3 is 0 Å². The van der Waals surface area contributed by atoms with Crippen LogP contribution in [0.3, 0.4) is 0 Å². The van der Waals surface area contributed by atoms with Crippen molar-refractivity contribution in [3.8, 4) is 44.6 Å². The lowest BCUT2D eigenvalue weighted by Gasteiger charge is -2.30. The maximum atomic E-state index is 5.23. The Morgan fingerprint density at radius 2 is 0.962 bits per heavy atom. The lowest BCUT2D eigenvalue weighted by atomic mass is 9.70. The van der Waals surface area contributed by atoms with E-state index in [1.54, 1.807) is 0 Å². The van der Waals surface area contributed by atoms with Gasteiger partial charge in [0.2, 0.25) is 0 Å². The van der Waals surface area contributed by atoms with Crippen LogP contribution in [0.4, 0.5) is 0 Å². The van der Waals surface area contributed by atoms with Crippen LogP contribution < -0.4 is 0 Å². The van der Waals surface area contributed by atoms with Gasteiger partial charge in [0.05, 0.1) is 16.6 Å². The van der Waals surface area contributed by atoms with E-state index in [1.165, 1.54) is 92.0 Å². The van der Waals surface area contributed by atoms with E-state index in [-0.39, 0.29) is 5.41 Å². The third kappa shape index (κ3) is 3.50. The molecule has 2 aliphatic carbocycles. The van der Waals surface area contributed by atoms with E-state index in [9.17, 15) is 0 Å². The Hall–Kier alpha value is -6.35. The molecule has 0 bridgehead atoms. The van der Waals surface area contributed by atoms with Gasteiger partial charge in [-0.2, -0.15) is 0 Å². The summed E-state index contributed by atoms with van der Waals surface area (Å²) >= 11 is 1.91. The van der Waals surface area contributed by atoms with Gasteiger partial charge in [-0.1, -0.05) is 164 Å². The standard InChI is InChI=1S/C50H29NS/c1-2-14-30(15-3-1)48-37-28-29-38-46-34(21-13-27-44(46)52-49(38)47(37)36-19-7-11-26-43(36)51-48)33-20-12-25-42-45(33)35-18-6-10-24-41(35)50(42)39-22-8-4-16-31(39)32-17-5-9-23-40(32)50/h1-29H. The van der Waals surface area contributed by atoms with Gasteiger partial charge in [-0.3, -0.25) is 0 Å².